The molecule has 0 bridgehead atoms. The summed E-state index contributed by atoms with van der Waals surface area (Å²) in [5, 5.41) is 11.8. The lowest BCUT2D eigenvalue weighted by atomic mass is 9.85. The van der Waals surface area contributed by atoms with Crippen LogP contribution >= 0.6 is 0 Å². The van der Waals surface area contributed by atoms with Crippen molar-refractivity contribution in [1.82, 2.24) is 19.9 Å². The second-order valence-corrected chi connectivity index (χ2v) is 9.13. The third kappa shape index (κ3) is 5.54. The van der Waals surface area contributed by atoms with Gasteiger partial charge in [-0.1, -0.05) is 36.8 Å². The summed E-state index contributed by atoms with van der Waals surface area (Å²) in [7, 11) is 0. The van der Waals surface area contributed by atoms with E-state index in [2.05, 4.69) is 15.5 Å². The Kier molecular flexibility index (Phi) is 6.11. The summed E-state index contributed by atoms with van der Waals surface area (Å²) >= 11 is 0. The van der Waals surface area contributed by atoms with E-state index in [1.807, 2.05) is 73.8 Å². The zero-order chi connectivity index (χ0) is 21.8. The SMILES string of the molecule is CC(C)(C)OC(=O)N[C@@H]1CCC[C@H](c2nnc3cc(OCc4ccccc4)ccn23)C1. The minimum atomic E-state index is -0.498. The number of hydrogen-bond acceptors (Lipinski definition) is 5. The number of carbonyl (C=O) groups is 1. The first-order valence-electron chi connectivity index (χ1n) is 10.9. The van der Waals surface area contributed by atoms with E-state index >= 15 is 0 Å². The molecule has 7 nitrogen and oxygen atoms in total. The zero-order valence-electron chi connectivity index (χ0n) is 18.4. The van der Waals surface area contributed by atoms with Crippen LogP contribution in [0.3, 0.4) is 0 Å². The van der Waals surface area contributed by atoms with Crippen molar-refractivity contribution >= 4 is 11.7 Å². The second-order valence-electron chi connectivity index (χ2n) is 9.13. The molecule has 3 aromatic rings. The number of rotatable bonds is 5. The van der Waals surface area contributed by atoms with Crippen molar-refractivity contribution in [3.05, 3.63) is 60.0 Å². The number of benzene rings is 1. The van der Waals surface area contributed by atoms with Gasteiger partial charge in [0.25, 0.3) is 0 Å². The third-order valence-corrected chi connectivity index (χ3v) is 5.42. The van der Waals surface area contributed by atoms with Gasteiger partial charge in [0.05, 0.1) is 0 Å². The summed E-state index contributed by atoms with van der Waals surface area (Å²) in [6, 6.07) is 14.0. The maximum Gasteiger partial charge on any atom is 0.407 e. The molecule has 0 saturated heterocycles. The number of nitrogens with zero attached hydrogens (tertiary/aromatic N) is 3. The highest BCUT2D eigenvalue weighted by atomic mass is 16.6. The lowest BCUT2D eigenvalue weighted by molar-refractivity contribution is 0.0490. The number of nitrogens with one attached hydrogen (secondary N) is 1. The van der Waals surface area contributed by atoms with E-state index in [-0.39, 0.29) is 18.1 Å². The fraction of sp³-hybridized carbons (Fsp3) is 0.458. The van der Waals surface area contributed by atoms with Gasteiger partial charge in [-0.2, -0.15) is 0 Å². The highest BCUT2D eigenvalue weighted by Crippen LogP contribution is 2.32. The molecule has 1 aliphatic carbocycles. The minimum absolute atomic E-state index is 0.0782. The fourth-order valence-electron chi connectivity index (χ4n) is 4.03. The first-order chi connectivity index (χ1) is 14.9. The van der Waals surface area contributed by atoms with Gasteiger partial charge < -0.3 is 14.8 Å². The highest BCUT2D eigenvalue weighted by Gasteiger charge is 2.29. The number of carbonyl (C=O) groups excluding carboxylic acids is 1. The first-order valence-corrected chi connectivity index (χ1v) is 10.9. The Hall–Kier alpha value is -3.09. The molecular weight excluding hydrogens is 392 g/mol. The largest absolute Gasteiger partial charge is 0.489 e. The Labute approximate surface area is 182 Å². The second kappa shape index (κ2) is 8.96. The molecule has 164 valence electrons. The van der Waals surface area contributed by atoms with Crippen LogP contribution in [0.25, 0.3) is 5.65 Å². The van der Waals surface area contributed by atoms with Gasteiger partial charge in [-0.05, 0) is 51.7 Å². The van der Waals surface area contributed by atoms with E-state index in [0.29, 0.717) is 6.61 Å². The van der Waals surface area contributed by atoms with E-state index in [9.17, 15) is 4.79 Å². The van der Waals surface area contributed by atoms with Crippen LogP contribution in [0.4, 0.5) is 4.79 Å². The molecular formula is C24H30N4O3. The number of aromatic nitrogens is 3. The topological polar surface area (TPSA) is 77.8 Å². The van der Waals surface area contributed by atoms with Crippen molar-refractivity contribution in [1.29, 1.82) is 0 Å². The Morgan fingerprint density at radius 1 is 1.16 bits per heavy atom. The van der Waals surface area contributed by atoms with Crippen molar-refractivity contribution in [2.45, 2.75) is 70.6 Å². The monoisotopic (exact) mass is 422 g/mol. The molecule has 0 spiro atoms. The minimum Gasteiger partial charge on any atom is -0.489 e. The Balaban J connectivity index is 1.41. The van der Waals surface area contributed by atoms with Crippen LogP contribution in [0.2, 0.25) is 0 Å². The molecule has 2 atom stereocenters. The van der Waals surface area contributed by atoms with E-state index in [4.69, 9.17) is 9.47 Å². The Morgan fingerprint density at radius 3 is 2.74 bits per heavy atom. The van der Waals surface area contributed by atoms with Crippen LogP contribution in [0.1, 0.15) is 63.8 Å². The van der Waals surface area contributed by atoms with Crippen LogP contribution in [0, 0.1) is 0 Å². The molecule has 1 N–H and O–H groups in total. The summed E-state index contributed by atoms with van der Waals surface area (Å²) in [6.07, 6.45) is 5.44. The van der Waals surface area contributed by atoms with Crippen LogP contribution in [-0.4, -0.2) is 32.3 Å². The molecule has 1 aliphatic rings. The van der Waals surface area contributed by atoms with E-state index in [1.54, 1.807) is 0 Å². The van der Waals surface area contributed by atoms with Gasteiger partial charge in [0, 0.05) is 24.2 Å². The molecule has 1 aromatic carbocycles. The predicted molar refractivity (Wildman–Crippen MR) is 118 cm³/mol. The standard InChI is InChI=1S/C24H30N4O3/c1-24(2,3)31-23(29)25-19-11-7-10-18(14-19)22-27-26-21-15-20(12-13-28(21)22)30-16-17-8-5-4-6-9-17/h4-6,8-9,12-13,15,18-19H,7,10-11,14,16H2,1-3H3,(H,25,29)/t18-,19+/m0/s1. The number of pyridine rings is 1. The quantitative estimate of drug-likeness (QED) is 0.635. The van der Waals surface area contributed by atoms with E-state index in [1.165, 1.54) is 0 Å². The van der Waals surface area contributed by atoms with Crippen LogP contribution in [0.5, 0.6) is 5.75 Å². The Morgan fingerprint density at radius 2 is 1.97 bits per heavy atom. The number of ether oxygens (including phenoxy) is 2. The normalized spacial score (nSPS) is 19.2. The summed E-state index contributed by atoms with van der Waals surface area (Å²) < 4.78 is 13.3. The van der Waals surface area contributed by atoms with Gasteiger partial charge >= 0.3 is 6.09 Å². The summed E-state index contributed by atoms with van der Waals surface area (Å²) in [5.74, 6) is 1.93. The molecule has 2 aromatic heterocycles. The van der Waals surface area contributed by atoms with Crippen molar-refractivity contribution in [2.24, 2.45) is 0 Å². The lowest BCUT2D eigenvalue weighted by Gasteiger charge is -2.30. The van der Waals surface area contributed by atoms with Crippen LogP contribution in [-0.2, 0) is 11.3 Å². The molecule has 0 aliphatic heterocycles. The molecule has 4 rings (SSSR count). The number of fused-ring (bicyclic) bond motifs is 1. The van der Waals surface area contributed by atoms with E-state index in [0.717, 1.165) is 48.5 Å². The summed E-state index contributed by atoms with van der Waals surface area (Å²) in [6.45, 7) is 6.13. The molecule has 2 heterocycles. The summed E-state index contributed by atoms with van der Waals surface area (Å²) in [4.78, 5) is 12.2. The number of hydrogen-bond donors (Lipinski definition) is 1. The fourth-order valence-corrected chi connectivity index (χ4v) is 4.03. The average Bonchev–Trinajstić information content (AvgIpc) is 3.15. The maximum absolute atomic E-state index is 12.2. The van der Waals surface area contributed by atoms with Crippen LogP contribution < -0.4 is 10.1 Å². The molecule has 1 fully saturated rings. The molecule has 0 radical (unpaired) electrons. The van der Waals surface area contributed by atoms with Gasteiger partial charge in [0.15, 0.2) is 5.65 Å². The Bertz CT molecular complexity index is 1030. The molecule has 7 heteroatoms. The maximum atomic E-state index is 12.2. The van der Waals surface area contributed by atoms with Crippen molar-refractivity contribution in [2.75, 3.05) is 0 Å². The van der Waals surface area contributed by atoms with Crippen molar-refractivity contribution in [3.8, 4) is 5.75 Å². The summed E-state index contributed by atoms with van der Waals surface area (Å²) in [5.41, 5.74) is 1.39. The molecule has 1 amide bonds. The van der Waals surface area contributed by atoms with Crippen molar-refractivity contribution in [3.63, 3.8) is 0 Å². The predicted octanol–water partition coefficient (Wildman–Crippen LogP) is 4.86. The highest BCUT2D eigenvalue weighted by molar-refractivity contribution is 5.68. The third-order valence-electron chi connectivity index (χ3n) is 5.42. The number of amides is 1. The average molecular weight is 423 g/mol. The van der Waals surface area contributed by atoms with Gasteiger partial charge in [0.1, 0.15) is 23.8 Å². The van der Waals surface area contributed by atoms with Crippen LogP contribution in [0.15, 0.2) is 48.7 Å². The lowest BCUT2D eigenvalue weighted by Crippen LogP contribution is -2.41. The van der Waals surface area contributed by atoms with Gasteiger partial charge in [-0.25, -0.2) is 4.79 Å². The van der Waals surface area contributed by atoms with Gasteiger partial charge in [-0.3, -0.25) is 4.40 Å². The zero-order valence-corrected chi connectivity index (χ0v) is 18.4. The van der Waals surface area contributed by atoms with E-state index < -0.39 is 5.60 Å². The number of alkyl carbamates (subject to hydrolysis) is 1. The molecule has 0 unspecified atom stereocenters. The van der Waals surface area contributed by atoms with Gasteiger partial charge in [-0.15, -0.1) is 10.2 Å². The molecule has 31 heavy (non-hydrogen) atoms. The van der Waals surface area contributed by atoms with Gasteiger partial charge in [0.2, 0.25) is 0 Å². The smallest absolute Gasteiger partial charge is 0.407 e. The first kappa shape index (κ1) is 21.2. The van der Waals surface area contributed by atoms with Crippen molar-refractivity contribution < 1.29 is 14.3 Å². The molecule has 1 saturated carbocycles.